The maximum Gasteiger partial charge on any atom is 0.407 e. The lowest BCUT2D eigenvalue weighted by molar-refractivity contribution is -0.124. The number of piperazine rings is 1. The molecule has 0 saturated carbocycles. The van der Waals surface area contributed by atoms with Gasteiger partial charge in [0.1, 0.15) is 11.6 Å². The third-order valence-electron chi connectivity index (χ3n) is 4.21. The van der Waals surface area contributed by atoms with E-state index in [4.69, 9.17) is 21.4 Å². The molecule has 3 amide bonds. The summed E-state index contributed by atoms with van der Waals surface area (Å²) in [5.74, 6) is -0.304. The number of rotatable bonds is 5. The van der Waals surface area contributed by atoms with Crippen molar-refractivity contribution in [3.8, 4) is 0 Å². The van der Waals surface area contributed by atoms with E-state index in [2.05, 4.69) is 16.0 Å². The number of carbonyl (C=O) groups excluding carboxylic acids is 2. The van der Waals surface area contributed by atoms with Crippen LogP contribution in [0.3, 0.4) is 0 Å². The number of nitrogens with zero attached hydrogens (tertiary/aromatic N) is 1. The van der Waals surface area contributed by atoms with Crippen LogP contribution in [0.2, 0.25) is 5.02 Å². The molecule has 0 bridgehead atoms. The summed E-state index contributed by atoms with van der Waals surface area (Å²) in [6.45, 7) is 6.58. The number of benzene rings is 1. The van der Waals surface area contributed by atoms with Crippen LogP contribution in [0.5, 0.6) is 0 Å². The molecular weight excluding hydrogens is 400 g/mol. The number of alkyl carbamates (subject to hydrolysis) is 1. The molecule has 29 heavy (non-hydrogen) atoms. The summed E-state index contributed by atoms with van der Waals surface area (Å²) in [7, 11) is 0. The lowest BCUT2D eigenvalue weighted by Crippen LogP contribution is -2.58. The van der Waals surface area contributed by atoms with E-state index < -0.39 is 23.8 Å². The summed E-state index contributed by atoms with van der Waals surface area (Å²) >= 11 is 6.08. The van der Waals surface area contributed by atoms with Crippen LogP contribution in [0.1, 0.15) is 31.9 Å². The van der Waals surface area contributed by atoms with Crippen molar-refractivity contribution in [1.29, 1.82) is 0 Å². The number of carbonyl (C=O) groups is 3. The van der Waals surface area contributed by atoms with Gasteiger partial charge in [0.15, 0.2) is 0 Å². The molecule has 1 fully saturated rings. The van der Waals surface area contributed by atoms with Crippen LogP contribution in [0.15, 0.2) is 18.2 Å². The van der Waals surface area contributed by atoms with Crippen molar-refractivity contribution in [3.05, 3.63) is 34.3 Å². The molecule has 10 heteroatoms. The van der Waals surface area contributed by atoms with Gasteiger partial charge in [-0.3, -0.25) is 4.79 Å². The molecule has 0 spiro atoms. The van der Waals surface area contributed by atoms with Gasteiger partial charge in [-0.25, -0.2) is 9.59 Å². The quantitative estimate of drug-likeness (QED) is 0.571. The van der Waals surface area contributed by atoms with Gasteiger partial charge < -0.3 is 30.7 Å². The average Bonchev–Trinajstić information content (AvgIpc) is 2.64. The van der Waals surface area contributed by atoms with Crippen molar-refractivity contribution in [2.75, 3.05) is 19.6 Å². The second kappa shape index (κ2) is 9.80. The van der Waals surface area contributed by atoms with E-state index in [-0.39, 0.29) is 25.5 Å². The zero-order valence-electron chi connectivity index (χ0n) is 16.8. The predicted octanol–water partition coefficient (Wildman–Crippen LogP) is 1.93. The summed E-state index contributed by atoms with van der Waals surface area (Å²) in [4.78, 5) is 36.6. The molecule has 1 aliphatic heterocycles. The summed E-state index contributed by atoms with van der Waals surface area (Å²) in [6.07, 6.45) is -1.59. The molecule has 0 radical (unpaired) electrons. The highest BCUT2D eigenvalue weighted by Crippen LogP contribution is 2.17. The van der Waals surface area contributed by atoms with Crippen LogP contribution in [0, 0.1) is 0 Å². The topological polar surface area (TPSA) is 120 Å². The van der Waals surface area contributed by atoms with Crippen molar-refractivity contribution in [2.45, 2.75) is 45.5 Å². The second-order valence-electron chi connectivity index (χ2n) is 7.72. The smallest absolute Gasteiger partial charge is 0.407 e. The Balaban J connectivity index is 1.96. The minimum absolute atomic E-state index is 0.0871. The van der Waals surface area contributed by atoms with Crippen LogP contribution in [-0.4, -0.2) is 59.4 Å². The Kier molecular flexibility index (Phi) is 7.69. The molecule has 0 aromatic heterocycles. The minimum Gasteiger partial charge on any atom is -0.465 e. The van der Waals surface area contributed by atoms with Gasteiger partial charge in [0.05, 0.1) is 0 Å². The monoisotopic (exact) mass is 426 g/mol. The summed E-state index contributed by atoms with van der Waals surface area (Å²) in [6, 6.07) is 4.56. The highest BCUT2D eigenvalue weighted by Gasteiger charge is 2.27. The molecule has 4 N–H and O–H groups in total. The molecule has 1 heterocycles. The van der Waals surface area contributed by atoms with Crippen molar-refractivity contribution in [1.82, 2.24) is 20.9 Å². The highest BCUT2D eigenvalue weighted by molar-refractivity contribution is 6.30. The van der Waals surface area contributed by atoms with Crippen molar-refractivity contribution >= 4 is 29.7 Å². The predicted molar refractivity (Wildman–Crippen MR) is 108 cm³/mol. The Morgan fingerprint density at radius 3 is 2.59 bits per heavy atom. The molecule has 0 aliphatic carbocycles. The van der Waals surface area contributed by atoms with Gasteiger partial charge in [-0.2, -0.15) is 0 Å². The fourth-order valence-electron chi connectivity index (χ4n) is 2.82. The number of nitrogens with one attached hydrogen (secondary N) is 3. The first-order chi connectivity index (χ1) is 13.5. The second-order valence-corrected chi connectivity index (χ2v) is 8.16. The van der Waals surface area contributed by atoms with E-state index in [0.717, 1.165) is 11.1 Å². The normalized spacial score (nSPS) is 16.8. The molecule has 1 aromatic carbocycles. The number of ether oxygens (including phenoxy) is 1. The number of amides is 3. The van der Waals surface area contributed by atoms with Crippen LogP contribution in [-0.2, 0) is 22.6 Å². The molecular formula is C19H27ClN4O5. The Morgan fingerprint density at radius 1 is 1.24 bits per heavy atom. The fraction of sp³-hybridized carbons (Fsp3) is 0.526. The maximum atomic E-state index is 12.4. The Morgan fingerprint density at radius 2 is 1.93 bits per heavy atom. The van der Waals surface area contributed by atoms with E-state index >= 15 is 0 Å². The van der Waals surface area contributed by atoms with E-state index in [0.29, 0.717) is 18.1 Å². The minimum atomic E-state index is -1.05. The SMILES string of the molecule is CC(C)(C)OC(=O)NCc1ccc(Cl)cc1CNC(=O)C1CN(C(=O)O)CCN1. The van der Waals surface area contributed by atoms with Crippen LogP contribution in [0.4, 0.5) is 9.59 Å². The van der Waals surface area contributed by atoms with E-state index in [9.17, 15) is 14.4 Å². The van der Waals surface area contributed by atoms with Gasteiger partial charge in [-0.15, -0.1) is 0 Å². The molecule has 1 aromatic rings. The molecule has 9 nitrogen and oxygen atoms in total. The van der Waals surface area contributed by atoms with Crippen molar-refractivity contribution < 1.29 is 24.2 Å². The zero-order valence-corrected chi connectivity index (χ0v) is 17.5. The molecule has 1 aliphatic rings. The third-order valence-corrected chi connectivity index (χ3v) is 4.44. The summed E-state index contributed by atoms with van der Waals surface area (Å²) < 4.78 is 5.22. The lowest BCUT2D eigenvalue weighted by Gasteiger charge is -2.31. The molecule has 1 atom stereocenters. The first-order valence-electron chi connectivity index (χ1n) is 9.28. The van der Waals surface area contributed by atoms with Gasteiger partial charge in [-0.05, 0) is 44.0 Å². The van der Waals surface area contributed by atoms with E-state index in [1.807, 2.05) is 0 Å². The molecule has 2 rings (SSSR count). The van der Waals surface area contributed by atoms with Crippen LogP contribution >= 0.6 is 11.6 Å². The van der Waals surface area contributed by atoms with Gasteiger partial charge in [0.2, 0.25) is 5.91 Å². The number of halogens is 1. The molecule has 160 valence electrons. The molecule has 1 unspecified atom stereocenters. The number of hydrogen-bond donors (Lipinski definition) is 4. The standard InChI is InChI=1S/C19H27ClN4O5/c1-19(2,3)29-17(26)23-9-12-4-5-14(20)8-13(12)10-22-16(25)15-11-24(18(27)28)7-6-21-15/h4-5,8,15,21H,6-7,9-11H2,1-3H3,(H,22,25)(H,23,26)(H,27,28). The van der Waals surface area contributed by atoms with E-state index in [1.165, 1.54) is 4.90 Å². The van der Waals surface area contributed by atoms with Gasteiger partial charge in [0.25, 0.3) is 0 Å². The average molecular weight is 427 g/mol. The Labute approximate surface area is 174 Å². The molecule has 1 saturated heterocycles. The van der Waals surface area contributed by atoms with Gasteiger partial charge in [0, 0.05) is 37.7 Å². The third kappa shape index (κ3) is 7.43. The van der Waals surface area contributed by atoms with Gasteiger partial charge in [-0.1, -0.05) is 17.7 Å². The van der Waals surface area contributed by atoms with Crippen molar-refractivity contribution in [2.24, 2.45) is 0 Å². The van der Waals surface area contributed by atoms with E-state index in [1.54, 1.807) is 39.0 Å². The van der Waals surface area contributed by atoms with Crippen LogP contribution < -0.4 is 16.0 Å². The largest absolute Gasteiger partial charge is 0.465 e. The highest BCUT2D eigenvalue weighted by atomic mass is 35.5. The zero-order chi connectivity index (χ0) is 21.6. The van der Waals surface area contributed by atoms with Crippen LogP contribution in [0.25, 0.3) is 0 Å². The maximum absolute atomic E-state index is 12.4. The number of hydrogen-bond acceptors (Lipinski definition) is 5. The Hall–Kier alpha value is -2.52. The fourth-order valence-corrected chi connectivity index (χ4v) is 3.01. The van der Waals surface area contributed by atoms with Gasteiger partial charge >= 0.3 is 12.2 Å². The number of carboxylic acid groups (broad SMARTS) is 1. The first-order valence-corrected chi connectivity index (χ1v) is 9.66. The van der Waals surface area contributed by atoms with Crippen molar-refractivity contribution in [3.63, 3.8) is 0 Å². The Bertz CT molecular complexity index is 765. The first kappa shape index (κ1) is 22.8. The summed E-state index contributed by atoms with van der Waals surface area (Å²) in [5, 5.41) is 18.1. The lowest BCUT2D eigenvalue weighted by atomic mass is 10.1. The summed E-state index contributed by atoms with van der Waals surface area (Å²) in [5.41, 5.74) is 0.926.